The van der Waals surface area contributed by atoms with Gasteiger partial charge in [-0.2, -0.15) is 4.31 Å². The van der Waals surface area contributed by atoms with E-state index in [0.29, 0.717) is 35.9 Å². The Bertz CT molecular complexity index is 1310. The lowest BCUT2D eigenvalue weighted by molar-refractivity contribution is -0.125. The van der Waals surface area contributed by atoms with Crippen LogP contribution in [0.5, 0.6) is 11.5 Å². The van der Waals surface area contributed by atoms with Gasteiger partial charge in [0.2, 0.25) is 15.9 Å². The molecule has 0 fully saturated rings. The van der Waals surface area contributed by atoms with Crippen molar-refractivity contribution in [2.24, 2.45) is 0 Å². The van der Waals surface area contributed by atoms with Crippen LogP contribution in [0.15, 0.2) is 71.6 Å². The number of halogens is 1. The van der Waals surface area contributed by atoms with Gasteiger partial charge in [0.15, 0.2) is 11.5 Å². The van der Waals surface area contributed by atoms with Gasteiger partial charge in [0.25, 0.3) is 0 Å². The van der Waals surface area contributed by atoms with Crippen LogP contribution in [0, 0.1) is 0 Å². The average molecular weight is 515 g/mol. The van der Waals surface area contributed by atoms with Crippen molar-refractivity contribution in [2.75, 3.05) is 20.8 Å². The van der Waals surface area contributed by atoms with Crippen LogP contribution in [0.1, 0.15) is 16.7 Å². The second-order valence-corrected chi connectivity index (χ2v) is 10.6. The molecule has 35 heavy (non-hydrogen) atoms. The standard InChI is InChI=1S/C26H27ClN2O5S/c1-33-24-12-7-18(15-25(24)34-2)13-14-28-26(30)23-16-19-5-3-4-6-20(19)17-29(23)35(31,32)22-10-8-21(27)9-11-22/h3-12,15,23H,13-14,16-17H2,1-2H3,(H,28,30)/t23-/m0/s1. The van der Waals surface area contributed by atoms with Crippen molar-refractivity contribution in [2.45, 2.75) is 30.3 Å². The highest BCUT2D eigenvalue weighted by molar-refractivity contribution is 7.89. The van der Waals surface area contributed by atoms with Gasteiger partial charge < -0.3 is 14.8 Å². The first-order chi connectivity index (χ1) is 16.8. The topological polar surface area (TPSA) is 84.9 Å². The Morgan fingerprint density at radius 2 is 1.69 bits per heavy atom. The first-order valence-electron chi connectivity index (χ1n) is 11.2. The Morgan fingerprint density at radius 1 is 1.00 bits per heavy atom. The molecular weight excluding hydrogens is 488 g/mol. The molecule has 9 heteroatoms. The van der Waals surface area contributed by atoms with E-state index in [-0.39, 0.29) is 17.3 Å². The number of rotatable bonds is 8. The largest absolute Gasteiger partial charge is 0.493 e. The molecule has 3 aromatic rings. The van der Waals surface area contributed by atoms with Gasteiger partial charge in [-0.15, -0.1) is 0 Å². The summed E-state index contributed by atoms with van der Waals surface area (Å²) in [4.78, 5) is 13.4. The molecule has 1 atom stereocenters. The average Bonchev–Trinajstić information content (AvgIpc) is 2.88. The predicted octanol–water partition coefficient (Wildman–Crippen LogP) is 3.83. The van der Waals surface area contributed by atoms with E-state index in [1.165, 1.54) is 28.6 Å². The molecule has 0 unspecified atom stereocenters. The summed E-state index contributed by atoms with van der Waals surface area (Å²) in [5.74, 6) is 0.905. The Morgan fingerprint density at radius 3 is 2.37 bits per heavy atom. The van der Waals surface area contributed by atoms with Crippen LogP contribution in [0.3, 0.4) is 0 Å². The maximum Gasteiger partial charge on any atom is 0.244 e. The van der Waals surface area contributed by atoms with Crippen molar-refractivity contribution in [3.8, 4) is 11.5 Å². The molecule has 0 spiro atoms. The minimum absolute atomic E-state index is 0.101. The molecule has 7 nitrogen and oxygen atoms in total. The number of carbonyl (C=O) groups is 1. The third-order valence-corrected chi connectivity index (χ3v) is 8.21. The highest BCUT2D eigenvalue weighted by Crippen LogP contribution is 2.30. The fourth-order valence-electron chi connectivity index (χ4n) is 4.20. The van der Waals surface area contributed by atoms with Crippen molar-refractivity contribution < 1.29 is 22.7 Å². The van der Waals surface area contributed by atoms with Gasteiger partial charge >= 0.3 is 0 Å². The van der Waals surface area contributed by atoms with Crippen LogP contribution in [0.4, 0.5) is 0 Å². The quantitative estimate of drug-likeness (QED) is 0.494. The van der Waals surface area contributed by atoms with Crippen LogP contribution in [-0.2, 0) is 34.2 Å². The number of hydrogen-bond donors (Lipinski definition) is 1. The molecule has 0 bridgehead atoms. The predicted molar refractivity (Wildman–Crippen MR) is 134 cm³/mol. The highest BCUT2D eigenvalue weighted by atomic mass is 35.5. The van der Waals surface area contributed by atoms with E-state index >= 15 is 0 Å². The number of fused-ring (bicyclic) bond motifs is 1. The molecule has 1 heterocycles. The maximum absolute atomic E-state index is 13.5. The second kappa shape index (κ2) is 10.7. The zero-order chi connectivity index (χ0) is 25.0. The minimum Gasteiger partial charge on any atom is -0.493 e. The molecule has 0 radical (unpaired) electrons. The van der Waals surface area contributed by atoms with Gasteiger partial charge in [-0.1, -0.05) is 41.9 Å². The lowest BCUT2D eigenvalue weighted by atomic mass is 9.95. The van der Waals surface area contributed by atoms with Crippen LogP contribution in [-0.4, -0.2) is 45.4 Å². The number of carbonyl (C=O) groups excluding carboxylic acids is 1. The molecular formula is C26H27ClN2O5S. The summed E-state index contributed by atoms with van der Waals surface area (Å²) in [6, 6.07) is 18.3. The molecule has 0 saturated heterocycles. The van der Waals surface area contributed by atoms with Gasteiger partial charge in [-0.3, -0.25) is 4.79 Å². The maximum atomic E-state index is 13.5. The number of methoxy groups -OCH3 is 2. The van der Waals surface area contributed by atoms with E-state index in [1.807, 2.05) is 42.5 Å². The van der Waals surface area contributed by atoms with E-state index in [4.69, 9.17) is 21.1 Å². The summed E-state index contributed by atoms with van der Waals surface area (Å²) in [7, 11) is -0.783. The fraction of sp³-hybridized carbons (Fsp3) is 0.269. The Labute approximate surface area is 210 Å². The molecule has 1 aliphatic heterocycles. The second-order valence-electron chi connectivity index (χ2n) is 8.22. The van der Waals surface area contributed by atoms with Crippen LogP contribution < -0.4 is 14.8 Å². The van der Waals surface area contributed by atoms with Crippen molar-refractivity contribution in [3.63, 3.8) is 0 Å². The van der Waals surface area contributed by atoms with E-state index in [9.17, 15) is 13.2 Å². The number of ether oxygens (including phenoxy) is 2. The smallest absolute Gasteiger partial charge is 0.244 e. The monoisotopic (exact) mass is 514 g/mol. The summed E-state index contributed by atoms with van der Waals surface area (Å²) >= 11 is 5.95. The summed E-state index contributed by atoms with van der Waals surface area (Å²) in [6.07, 6.45) is 0.852. The zero-order valence-corrected chi connectivity index (χ0v) is 21.1. The number of benzene rings is 3. The van der Waals surface area contributed by atoms with Gasteiger partial charge in [0, 0.05) is 18.1 Å². The van der Waals surface area contributed by atoms with Gasteiger partial charge in [-0.25, -0.2) is 8.42 Å². The lowest BCUT2D eigenvalue weighted by Crippen LogP contribution is -2.52. The number of nitrogens with zero attached hydrogens (tertiary/aromatic N) is 1. The third-order valence-electron chi connectivity index (χ3n) is 6.09. The number of amides is 1. The highest BCUT2D eigenvalue weighted by Gasteiger charge is 2.39. The van der Waals surface area contributed by atoms with E-state index in [2.05, 4.69) is 5.32 Å². The van der Waals surface area contributed by atoms with Crippen LogP contribution in [0.25, 0.3) is 0 Å². The van der Waals surface area contributed by atoms with Crippen molar-refractivity contribution in [3.05, 3.63) is 88.4 Å². The molecule has 0 aromatic heterocycles. The minimum atomic E-state index is -3.93. The van der Waals surface area contributed by atoms with Gasteiger partial charge in [0.1, 0.15) is 6.04 Å². The number of hydrogen-bond acceptors (Lipinski definition) is 5. The van der Waals surface area contributed by atoms with Crippen molar-refractivity contribution >= 4 is 27.5 Å². The number of nitrogens with one attached hydrogen (secondary N) is 1. The zero-order valence-electron chi connectivity index (χ0n) is 19.5. The Hall–Kier alpha value is -3.07. The molecule has 4 rings (SSSR count). The Balaban J connectivity index is 1.53. The van der Waals surface area contributed by atoms with E-state index in [1.54, 1.807) is 14.2 Å². The Kier molecular flexibility index (Phi) is 7.64. The van der Waals surface area contributed by atoms with Gasteiger partial charge in [0.05, 0.1) is 19.1 Å². The fourth-order valence-corrected chi connectivity index (χ4v) is 5.89. The summed E-state index contributed by atoms with van der Waals surface area (Å²) in [5.41, 5.74) is 2.82. The molecule has 1 N–H and O–H groups in total. The van der Waals surface area contributed by atoms with Crippen molar-refractivity contribution in [1.29, 1.82) is 0 Å². The first-order valence-corrected chi connectivity index (χ1v) is 13.0. The third kappa shape index (κ3) is 5.45. The SMILES string of the molecule is COc1ccc(CCNC(=O)[C@@H]2Cc3ccccc3CN2S(=O)(=O)c2ccc(Cl)cc2)cc1OC. The number of sulfonamides is 1. The molecule has 0 saturated carbocycles. The van der Waals surface area contributed by atoms with Gasteiger partial charge in [-0.05, 0) is 65.9 Å². The lowest BCUT2D eigenvalue weighted by Gasteiger charge is -2.35. The molecule has 3 aromatic carbocycles. The van der Waals surface area contributed by atoms with E-state index in [0.717, 1.165) is 16.7 Å². The molecule has 1 amide bonds. The first kappa shape index (κ1) is 25.0. The van der Waals surface area contributed by atoms with E-state index < -0.39 is 16.1 Å². The molecule has 0 aliphatic carbocycles. The van der Waals surface area contributed by atoms with Crippen LogP contribution in [0.2, 0.25) is 5.02 Å². The summed E-state index contributed by atoms with van der Waals surface area (Å²) in [6.45, 7) is 0.468. The molecule has 1 aliphatic rings. The summed E-state index contributed by atoms with van der Waals surface area (Å²) < 4.78 is 38.9. The van der Waals surface area contributed by atoms with Crippen molar-refractivity contribution in [1.82, 2.24) is 9.62 Å². The normalized spacial score (nSPS) is 15.8. The molecule has 184 valence electrons. The van der Waals surface area contributed by atoms with Crippen LogP contribution >= 0.6 is 11.6 Å². The summed E-state index contributed by atoms with van der Waals surface area (Å²) in [5, 5.41) is 3.36.